The summed E-state index contributed by atoms with van der Waals surface area (Å²) >= 11 is 0. The van der Waals surface area contributed by atoms with Crippen LogP contribution in [-0.4, -0.2) is 55.5 Å². The number of terminal acetylenes is 1. The fraction of sp³-hybridized carbons (Fsp3) is 0.292. The maximum atomic E-state index is 12.5. The molecule has 32 heavy (non-hydrogen) atoms. The van der Waals surface area contributed by atoms with Gasteiger partial charge in [0.05, 0.1) is 6.61 Å². The summed E-state index contributed by atoms with van der Waals surface area (Å²) in [4.78, 5) is 36.1. The van der Waals surface area contributed by atoms with Crippen LogP contribution < -0.4 is 10.6 Å². The first kappa shape index (κ1) is 22.8. The van der Waals surface area contributed by atoms with Gasteiger partial charge in [0.15, 0.2) is 6.04 Å². The molecule has 3 N–H and O–H groups in total. The molecule has 8 heteroatoms. The Bertz CT molecular complexity index is 999. The van der Waals surface area contributed by atoms with Crippen molar-refractivity contribution < 1.29 is 29.0 Å². The van der Waals surface area contributed by atoms with Gasteiger partial charge < -0.3 is 25.2 Å². The van der Waals surface area contributed by atoms with Crippen molar-refractivity contribution in [1.29, 1.82) is 0 Å². The quantitative estimate of drug-likeness (QED) is 0.519. The van der Waals surface area contributed by atoms with Crippen molar-refractivity contribution in [3.63, 3.8) is 0 Å². The number of alkyl carbamates (subject to hydrolysis) is 1. The lowest BCUT2D eigenvalue weighted by Gasteiger charge is -2.20. The number of rotatable bonds is 9. The summed E-state index contributed by atoms with van der Waals surface area (Å²) in [5.41, 5.74) is 4.31. The fourth-order valence-electron chi connectivity index (χ4n) is 3.72. The van der Waals surface area contributed by atoms with E-state index in [1.54, 1.807) is 0 Å². The number of carbonyl (C=O) groups is 3. The third-order valence-corrected chi connectivity index (χ3v) is 5.22. The van der Waals surface area contributed by atoms with Gasteiger partial charge in [-0.3, -0.25) is 4.79 Å². The van der Waals surface area contributed by atoms with E-state index < -0.39 is 30.1 Å². The molecule has 0 aliphatic heterocycles. The smallest absolute Gasteiger partial charge is 0.407 e. The van der Waals surface area contributed by atoms with Crippen LogP contribution in [0.3, 0.4) is 0 Å². The zero-order chi connectivity index (χ0) is 23.1. The fourth-order valence-corrected chi connectivity index (χ4v) is 3.72. The first-order valence-electron chi connectivity index (χ1n) is 10.0. The van der Waals surface area contributed by atoms with Crippen molar-refractivity contribution >= 4 is 18.0 Å². The Morgan fingerprint density at radius 2 is 1.62 bits per heavy atom. The molecule has 2 amide bonds. The Hall–Kier alpha value is -3.83. The first-order chi connectivity index (χ1) is 15.5. The maximum absolute atomic E-state index is 12.5. The highest BCUT2D eigenvalue weighted by Gasteiger charge is 2.30. The predicted octanol–water partition coefficient (Wildman–Crippen LogP) is 2.13. The third-order valence-electron chi connectivity index (χ3n) is 5.22. The average molecular weight is 436 g/mol. The van der Waals surface area contributed by atoms with E-state index in [1.165, 1.54) is 7.11 Å². The van der Waals surface area contributed by atoms with Gasteiger partial charge in [-0.15, -0.1) is 12.3 Å². The molecule has 166 valence electrons. The number of carbonyl (C=O) groups excluding carboxylic acids is 2. The highest BCUT2D eigenvalue weighted by atomic mass is 16.5. The molecule has 0 saturated heterocycles. The second kappa shape index (κ2) is 10.5. The minimum Gasteiger partial charge on any atom is -0.480 e. The minimum absolute atomic E-state index is 0.0751. The number of benzene rings is 2. The Morgan fingerprint density at radius 3 is 2.16 bits per heavy atom. The Morgan fingerprint density at radius 1 is 1.03 bits per heavy atom. The Labute approximate surface area is 185 Å². The Kier molecular flexibility index (Phi) is 7.47. The zero-order valence-electron chi connectivity index (χ0n) is 17.5. The van der Waals surface area contributed by atoms with Crippen molar-refractivity contribution in [2.45, 2.75) is 24.4 Å². The van der Waals surface area contributed by atoms with Crippen LogP contribution in [-0.2, 0) is 19.1 Å². The molecule has 0 heterocycles. The maximum Gasteiger partial charge on any atom is 0.407 e. The number of carboxylic acids is 1. The molecule has 0 aromatic heterocycles. The van der Waals surface area contributed by atoms with Gasteiger partial charge in [-0.05, 0) is 22.3 Å². The van der Waals surface area contributed by atoms with Gasteiger partial charge in [0.2, 0.25) is 5.91 Å². The topological polar surface area (TPSA) is 114 Å². The summed E-state index contributed by atoms with van der Waals surface area (Å²) in [6.07, 6.45) is 4.36. The summed E-state index contributed by atoms with van der Waals surface area (Å²) < 4.78 is 10.2. The van der Waals surface area contributed by atoms with E-state index >= 15 is 0 Å². The molecule has 0 fully saturated rings. The highest BCUT2D eigenvalue weighted by molar-refractivity contribution is 5.89. The normalized spacial score (nSPS) is 13.8. The van der Waals surface area contributed by atoms with Crippen molar-refractivity contribution in [1.82, 2.24) is 10.6 Å². The van der Waals surface area contributed by atoms with Crippen LogP contribution >= 0.6 is 0 Å². The van der Waals surface area contributed by atoms with Crippen molar-refractivity contribution in [2.24, 2.45) is 0 Å². The Balaban J connectivity index is 1.65. The summed E-state index contributed by atoms with van der Waals surface area (Å²) in [7, 11) is 1.32. The number of carboxylic acid groups (broad SMARTS) is 1. The van der Waals surface area contributed by atoms with Gasteiger partial charge in [0.1, 0.15) is 12.6 Å². The molecule has 1 aliphatic carbocycles. The van der Waals surface area contributed by atoms with E-state index in [4.69, 9.17) is 21.0 Å². The van der Waals surface area contributed by atoms with Gasteiger partial charge in [-0.2, -0.15) is 0 Å². The molecule has 3 rings (SSSR count). The number of nitrogens with one attached hydrogen (secondary N) is 2. The molecule has 1 unspecified atom stereocenters. The van der Waals surface area contributed by atoms with Crippen LogP contribution in [0, 0.1) is 12.3 Å². The summed E-state index contributed by atoms with van der Waals surface area (Å²) in [6, 6.07) is 13.4. The predicted molar refractivity (Wildman–Crippen MR) is 117 cm³/mol. The number of hydrogen-bond donors (Lipinski definition) is 3. The molecule has 0 saturated carbocycles. The average Bonchev–Trinajstić information content (AvgIpc) is 3.10. The third kappa shape index (κ3) is 5.07. The number of hydrogen-bond acceptors (Lipinski definition) is 5. The number of amides is 2. The van der Waals surface area contributed by atoms with Gasteiger partial charge in [0, 0.05) is 19.4 Å². The van der Waals surface area contributed by atoms with Crippen LogP contribution in [0.4, 0.5) is 4.79 Å². The second-order valence-electron chi connectivity index (χ2n) is 7.29. The molecule has 2 aromatic carbocycles. The molecule has 0 spiro atoms. The van der Waals surface area contributed by atoms with Gasteiger partial charge >= 0.3 is 12.1 Å². The second-order valence-corrected chi connectivity index (χ2v) is 7.29. The van der Waals surface area contributed by atoms with E-state index in [9.17, 15) is 14.4 Å². The largest absolute Gasteiger partial charge is 0.480 e. The first-order valence-corrected chi connectivity index (χ1v) is 10.0. The van der Waals surface area contributed by atoms with Crippen molar-refractivity contribution in [3.8, 4) is 23.5 Å². The van der Waals surface area contributed by atoms with Gasteiger partial charge in [0.25, 0.3) is 0 Å². The van der Waals surface area contributed by atoms with Crippen LogP contribution in [0.25, 0.3) is 11.1 Å². The van der Waals surface area contributed by atoms with E-state index in [2.05, 4.69) is 16.6 Å². The summed E-state index contributed by atoms with van der Waals surface area (Å²) in [6.45, 7) is -0.152. The monoisotopic (exact) mass is 436 g/mol. The standard InChI is InChI=1S/C24H24N2O6/c1-3-8-20(22(27)25-21(14-31-2)23(28)29)26-24(30)32-13-19-17-11-6-4-9-15(17)16-10-5-7-12-18(16)19/h1,4-7,9-12,19-21H,8,13-14H2,2H3,(H,25,27)(H,26,30)(H,28,29)/t20?,21-/m0/s1. The minimum atomic E-state index is -1.27. The van der Waals surface area contributed by atoms with Crippen molar-refractivity contribution in [2.75, 3.05) is 20.3 Å². The molecule has 2 aromatic rings. The van der Waals surface area contributed by atoms with Crippen LogP contribution in [0.2, 0.25) is 0 Å². The zero-order valence-corrected chi connectivity index (χ0v) is 17.5. The van der Waals surface area contributed by atoms with Crippen LogP contribution in [0.1, 0.15) is 23.5 Å². The van der Waals surface area contributed by atoms with E-state index in [0.29, 0.717) is 0 Å². The van der Waals surface area contributed by atoms with E-state index in [1.807, 2.05) is 48.5 Å². The van der Waals surface area contributed by atoms with Crippen LogP contribution in [0.15, 0.2) is 48.5 Å². The molecular formula is C24H24N2O6. The number of fused-ring (bicyclic) bond motifs is 3. The summed E-state index contributed by atoms with van der Waals surface area (Å²) in [5.74, 6) is 0.170. The summed E-state index contributed by atoms with van der Waals surface area (Å²) in [5, 5.41) is 13.9. The molecule has 8 nitrogen and oxygen atoms in total. The lowest BCUT2D eigenvalue weighted by molar-refractivity contribution is -0.143. The lowest BCUT2D eigenvalue weighted by atomic mass is 9.98. The number of aliphatic carboxylic acids is 1. The highest BCUT2D eigenvalue weighted by Crippen LogP contribution is 2.44. The molecular weight excluding hydrogens is 412 g/mol. The van der Waals surface area contributed by atoms with Gasteiger partial charge in [-0.25, -0.2) is 9.59 Å². The SMILES string of the molecule is C#CCC(NC(=O)OCC1c2ccccc2-c2ccccc21)C(=O)N[C@@H](COC)C(=O)O. The molecule has 0 bridgehead atoms. The van der Waals surface area contributed by atoms with E-state index in [0.717, 1.165) is 22.3 Å². The molecule has 0 radical (unpaired) electrons. The lowest BCUT2D eigenvalue weighted by Crippen LogP contribution is -2.52. The van der Waals surface area contributed by atoms with E-state index in [-0.39, 0.29) is 25.6 Å². The van der Waals surface area contributed by atoms with Crippen LogP contribution in [0.5, 0.6) is 0 Å². The number of ether oxygens (including phenoxy) is 2. The molecule has 1 aliphatic rings. The number of methoxy groups -OCH3 is 1. The van der Waals surface area contributed by atoms with Gasteiger partial charge in [-0.1, -0.05) is 48.5 Å². The van der Waals surface area contributed by atoms with Crippen molar-refractivity contribution in [3.05, 3.63) is 59.7 Å². The molecule has 2 atom stereocenters.